The molecule has 6 heteroatoms. The van der Waals surface area contributed by atoms with Crippen molar-refractivity contribution in [3.63, 3.8) is 0 Å². The second-order valence-corrected chi connectivity index (χ2v) is 10.2. The predicted octanol–water partition coefficient (Wildman–Crippen LogP) is 5.16. The van der Waals surface area contributed by atoms with Gasteiger partial charge in [-0.25, -0.2) is 4.79 Å². The molecule has 1 atom stereocenters. The minimum atomic E-state index is -0.976. The number of carbonyl (C=O) groups is 1. The van der Waals surface area contributed by atoms with Crippen LogP contribution in [0.4, 0.5) is 10.5 Å². The maximum Gasteiger partial charge on any atom is 0.321 e. The first-order chi connectivity index (χ1) is 12.2. The van der Waals surface area contributed by atoms with Crippen molar-refractivity contribution in [2.45, 2.75) is 37.8 Å². The Hall–Kier alpha value is -1.66. The van der Waals surface area contributed by atoms with Crippen LogP contribution in [0.25, 0.3) is 0 Å². The van der Waals surface area contributed by atoms with Gasteiger partial charge in [-0.3, -0.25) is 4.21 Å². The fourth-order valence-electron chi connectivity index (χ4n) is 2.28. The molecule has 0 heterocycles. The van der Waals surface area contributed by atoms with Crippen molar-refractivity contribution < 1.29 is 9.00 Å². The Bertz CT molecular complexity index is 802. The zero-order valence-electron chi connectivity index (χ0n) is 15.6. The van der Waals surface area contributed by atoms with Crippen LogP contribution in [0.2, 0.25) is 0 Å². The van der Waals surface area contributed by atoms with Crippen molar-refractivity contribution in [1.29, 1.82) is 0 Å². The van der Waals surface area contributed by atoms with Gasteiger partial charge in [-0.2, -0.15) is 0 Å². The summed E-state index contributed by atoms with van der Waals surface area (Å²) in [4.78, 5) is 14.1. The Balaban J connectivity index is 2.01. The van der Waals surface area contributed by atoms with E-state index in [1.807, 2.05) is 69.3 Å². The second kappa shape index (κ2) is 8.82. The Labute approximate surface area is 166 Å². The first-order valence-corrected chi connectivity index (χ1v) is 10.5. The zero-order chi connectivity index (χ0) is 19.3. The highest BCUT2D eigenvalue weighted by Crippen LogP contribution is 2.20. The molecule has 0 aliphatic heterocycles. The molecule has 2 aromatic rings. The van der Waals surface area contributed by atoms with Crippen LogP contribution in [0.5, 0.6) is 0 Å². The van der Waals surface area contributed by atoms with E-state index < -0.39 is 10.8 Å². The summed E-state index contributed by atoms with van der Waals surface area (Å²) in [5, 5.41) is 2.91. The Morgan fingerprint density at radius 1 is 1.15 bits per heavy atom. The van der Waals surface area contributed by atoms with Crippen LogP contribution in [0.15, 0.2) is 53.0 Å². The van der Waals surface area contributed by atoms with Gasteiger partial charge in [0.1, 0.15) is 0 Å². The fourth-order valence-corrected chi connectivity index (χ4v) is 3.61. The lowest BCUT2D eigenvalue weighted by molar-refractivity contribution is 0.220. The Morgan fingerprint density at radius 3 is 2.50 bits per heavy atom. The van der Waals surface area contributed by atoms with E-state index in [0.717, 1.165) is 15.6 Å². The molecule has 0 aliphatic rings. The van der Waals surface area contributed by atoms with E-state index in [1.54, 1.807) is 11.9 Å². The number of rotatable bonds is 5. The van der Waals surface area contributed by atoms with Crippen LogP contribution < -0.4 is 5.32 Å². The molecule has 140 valence electrons. The van der Waals surface area contributed by atoms with Gasteiger partial charge in [0.2, 0.25) is 0 Å². The fraction of sp³-hybridized carbons (Fsp3) is 0.350. The third-order valence-corrected chi connectivity index (χ3v) is 6.61. The lowest BCUT2D eigenvalue weighted by atomic mass is 10.2. The zero-order valence-corrected chi connectivity index (χ0v) is 18.0. The van der Waals surface area contributed by atoms with E-state index in [2.05, 4.69) is 21.2 Å². The maximum atomic E-state index is 12.5. The molecule has 1 N–H and O–H groups in total. The van der Waals surface area contributed by atoms with Crippen molar-refractivity contribution in [2.24, 2.45) is 0 Å². The SMILES string of the molecule is CN(Cc1ccccc1Br)C(=O)Nc1cccc(CS(=O)C(C)(C)C)c1. The van der Waals surface area contributed by atoms with Crippen molar-refractivity contribution in [1.82, 2.24) is 4.90 Å². The maximum absolute atomic E-state index is 12.5. The van der Waals surface area contributed by atoms with Crippen LogP contribution in [0.1, 0.15) is 31.9 Å². The van der Waals surface area contributed by atoms with Crippen molar-refractivity contribution in [3.05, 3.63) is 64.1 Å². The molecular weight excluding hydrogens is 412 g/mol. The number of nitrogens with zero attached hydrogens (tertiary/aromatic N) is 1. The van der Waals surface area contributed by atoms with Gasteiger partial charge in [-0.15, -0.1) is 0 Å². The standard InChI is InChI=1S/C20H25BrN2O2S/c1-20(2,3)26(25)14-15-8-7-10-17(12-15)22-19(24)23(4)13-16-9-5-6-11-18(16)21/h5-12H,13-14H2,1-4H3,(H,22,24). The molecule has 26 heavy (non-hydrogen) atoms. The number of anilines is 1. The third-order valence-electron chi connectivity index (χ3n) is 3.87. The highest BCUT2D eigenvalue weighted by molar-refractivity contribution is 9.10. The minimum absolute atomic E-state index is 0.185. The number of halogens is 1. The number of nitrogens with one attached hydrogen (secondary N) is 1. The molecule has 2 aromatic carbocycles. The minimum Gasteiger partial charge on any atom is -0.323 e. The summed E-state index contributed by atoms with van der Waals surface area (Å²) in [7, 11) is 0.782. The predicted molar refractivity (Wildman–Crippen MR) is 113 cm³/mol. The van der Waals surface area contributed by atoms with Crippen LogP contribution in [0.3, 0.4) is 0 Å². The molecule has 0 radical (unpaired) electrons. The smallest absolute Gasteiger partial charge is 0.321 e. The average Bonchev–Trinajstić information content (AvgIpc) is 2.56. The van der Waals surface area contributed by atoms with E-state index >= 15 is 0 Å². The van der Waals surface area contributed by atoms with Gasteiger partial charge in [-0.1, -0.05) is 46.3 Å². The van der Waals surface area contributed by atoms with E-state index in [4.69, 9.17) is 0 Å². The highest BCUT2D eigenvalue weighted by Gasteiger charge is 2.19. The summed E-state index contributed by atoms with van der Waals surface area (Å²) >= 11 is 3.50. The average molecular weight is 437 g/mol. The van der Waals surface area contributed by atoms with E-state index in [-0.39, 0.29) is 10.8 Å². The molecule has 0 aromatic heterocycles. The van der Waals surface area contributed by atoms with Gasteiger partial charge in [0.15, 0.2) is 0 Å². The molecule has 0 spiro atoms. The summed E-state index contributed by atoms with van der Waals surface area (Å²) in [6.45, 7) is 6.39. The molecular formula is C20H25BrN2O2S. The molecule has 0 saturated heterocycles. The van der Waals surface area contributed by atoms with E-state index in [0.29, 0.717) is 18.0 Å². The molecule has 0 saturated carbocycles. The van der Waals surface area contributed by atoms with Gasteiger partial charge >= 0.3 is 6.03 Å². The number of hydrogen-bond acceptors (Lipinski definition) is 2. The van der Waals surface area contributed by atoms with Gasteiger partial charge in [-0.05, 0) is 50.1 Å². The summed E-state index contributed by atoms with van der Waals surface area (Å²) in [5.41, 5.74) is 2.70. The van der Waals surface area contributed by atoms with Crippen molar-refractivity contribution in [2.75, 3.05) is 12.4 Å². The monoisotopic (exact) mass is 436 g/mol. The highest BCUT2D eigenvalue weighted by atomic mass is 79.9. The Kier molecular flexibility index (Phi) is 7.01. The third kappa shape index (κ3) is 5.95. The normalized spacial score (nSPS) is 12.5. The summed E-state index contributed by atoms with van der Waals surface area (Å²) < 4.78 is 13.0. The lowest BCUT2D eigenvalue weighted by Gasteiger charge is -2.20. The van der Waals surface area contributed by atoms with Gasteiger partial charge < -0.3 is 10.2 Å². The number of hydrogen-bond donors (Lipinski definition) is 1. The molecule has 0 aliphatic carbocycles. The van der Waals surface area contributed by atoms with Crippen LogP contribution in [-0.2, 0) is 23.1 Å². The van der Waals surface area contributed by atoms with Crippen LogP contribution in [0, 0.1) is 0 Å². The van der Waals surface area contributed by atoms with Gasteiger partial charge in [0.25, 0.3) is 0 Å². The first kappa shape index (κ1) is 20.6. The van der Waals surface area contributed by atoms with Crippen molar-refractivity contribution in [3.8, 4) is 0 Å². The summed E-state index contributed by atoms with van der Waals surface area (Å²) in [6, 6.07) is 15.2. The first-order valence-electron chi connectivity index (χ1n) is 8.40. The quantitative estimate of drug-likeness (QED) is 0.703. The number of benzene rings is 2. The molecule has 0 bridgehead atoms. The summed E-state index contributed by atoms with van der Waals surface area (Å²) in [5.74, 6) is 0.472. The van der Waals surface area contributed by atoms with Gasteiger partial charge in [0.05, 0.1) is 0 Å². The molecule has 1 unspecified atom stereocenters. The van der Waals surface area contributed by atoms with Crippen molar-refractivity contribution >= 4 is 38.4 Å². The molecule has 4 nitrogen and oxygen atoms in total. The number of carbonyl (C=O) groups excluding carboxylic acids is 1. The van der Waals surface area contributed by atoms with Crippen LogP contribution >= 0.6 is 15.9 Å². The molecule has 2 amide bonds. The van der Waals surface area contributed by atoms with E-state index in [9.17, 15) is 9.00 Å². The largest absolute Gasteiger partial charge is 0.323 e. The molecule has 2 rings (SSSR count). The Morgan fingerprint density at radius 2 is 1.85 bits per heavy atom. The molecule has 0 fully saturated rings. The number of urea groups is 1. The van der Waals surface area contributed by atoms with Crippen LogP contribution in [-0.4, -0.2) is 26.9 Å². The van der Waals surface area contributed by atoms with E-state index in [1.165, 1.54) is 0 Å². The topological polar surface area (TPSA) is 49.4 Å². The lowest BCUT2D eigenvalue weighted by Crippen LogP contribution is -2.31. The second-order valence-electron chi connectivity index (χ2n) is 7.18. The summed E-state index contributed by atoms with van der Waals surface area (Å²) in [6.07, 6.45) is 0. The van der Waals surface area contributed by atoms with Gasteiger partial charge in [0, 0.05) is 45.1 Å². The number of amides is 2.